The highest BCUT2D eigenvalue weighted by molar-refractivity contribution is 5.61. The van der Waals surface area contributed by atoms with Crippen LogP contribution in [0.4, 0.5) is 5.82 Å². The first-order valence-electron chi connectivity index (χ1n) is 6.93. The lowest BCUT2D eigenvalue weighted by molar-refractivity contribution is 0.00885. The second-order valence-corrected chi connectivity index (χ2v) is 6.13. The first-order valence-corrected chi connectivity index (χ1v) is 6.93. The van der Waals surface area contributed by atoms with Crippen molar-refractivity contribution in [2.45, 2.75) is 26.9 Å². The molecule has 0 fully saturated rings. The third kappa shape index (κ3) is 3.39. The van der Waals surface area contributed by atoms with Crippen LogP contribution < -0.4 is 5.32 Å². The fraction of sp³-hybridized carbons (Fsp3) is 0.533. The fourth-order valence-corrected chi connectivity index (χ4v) is 2.26. The molecular weight excluding hydrogens is 266 g/mol. The molecule has 6 nitrogen and oxygen atoms in total. The first-order chi connectivity index (χ1) is 9.85. The van der Waals surface area contributed by atoms with E-state index in [1.165, 1.54) is 0 Å². The molecule has 0 spiro atoms. The van der Waals surface area contributed by atoms with Crippen LogP contribution in [-0.2, 0) is 11.8 Å². The predicted octanol–water partition coefficient (Wildman–Crippen LogP) is 2.65. The molecule has 0 saturated heterocycles. The van der Waals surface area contributed by atoms with Crippen molar-refractivity contribution in [2.75, 3.05) is 19.5 Å². The summed E-state index contributed by atoms with van der Waals surface area (Å²) in [4.78, 5) is 9.22. The predicted molar refractivity (Wildman–Crippen MR) is 83.0 cm³/mol. The average Bonchev–Trinajstić information content (AvgIpc) is 2.84. The minimum atomic E-state index is -0.179. The van der Waals surface area contributed by atoms with Crippen LogP contribution in [0, 0.1) is 5.41 Å². The highest BCUT2D eigenvalue weighted by Crippen LogP contribution is 2.35. The zero-order valence-electron chi connectivity index (χ0n) is 13.5. The first kappa shape index (κ1) is 15.4. The second-order valence-electron chi connectivity index (χ2n) is 6.13. The topological polar surface area (TPSA) is 64.9 Å². The molecule has 6 heteroatoms. The van der Waals surface area contributed by atoms with Crippen LogP contribution in [0.2, 0.25) is 0 Å². The molecule has 2 rings (SSSR count). The van der Waals surface area contributed by atoms with E-state index in [-0.39, 0.29) is 11.5 Å². The van der Waals surface area contributed by atoms with Crippen LogP contribution in [0.5, 0.6) is 0 Å². The van der Waals surface area contributed by atoms with E-state index in [2.05, 4.69) is 41.2 Å². The SMILES string of the molecule is CNc1cc(-c2cnn(C)c2)nc(C(OC)C(C)(C)C)n1. The molecule has 0 aromatic carbocycles. The number of anilines is 1. The van der Waals surface area contributed by atoms with Gasteiger partial charge < -0.3 is 10.1 Å². The number of nitrogens with zero attached hydrogens (tertiary/aromatic N) is 4. The Bertz CT molecular complexity index is 615. The van der Waals surface area contributed by atoms with Gasteiger partial charge in [0, 0.05) is 39.0 Å². The van der Waals surface area contributed by atoms with E-state index in [1.807, 2.05) is 26.4 Å². The Morgan fingerprint density at radius 1 is 1.29 bits per heavy atom. The van der Waals surface area contributed by atoms with Crippen molar-refractivity contribution in [3.63, 3.8) is 0 Å². The summed E-state index contributed by atoms with van der Waals surface area (Å²) in [5.41, 5.74) is 1.71. The van der Waals surface area contributed by atoms with E-state index in [1.54, 1.807) is 18.0 Å². The molecule has 0 radical (unpaired) electrons. The summed E-state index contributed by atoms with van der Waals surface area (Å²) in [5.74, 6) is 1.45. The molecule has 0 aliphatic rings. The third-order valence-electron chi connectivity index (χ3n) is 3.26. The maximum Gasteiger partial charge on any atom is 0.160 e. The average molecular weight is 289 g/mol. The number of aromatic nitrogens is 4. The normalized spacial score (nSPS) is 13.2. The molecule has 2 aromatic rings. The van der Waals surface area contributed by atoms with Gasteiger partial charge in [-0.05, 0) is 5.41 Å². The Morgan fingerprint density at radius 2 is 2.00 bits per heavy atom. The molecule has 1 atom stereocenters. The van der Waals surface area contributed by atoms with E-state index >= 15 is 0 Å². The summed E-state index contributed by atoms with van der Waals surface area (Å²) in [6.45, 7) is 6.33. The summed E-state index contributed by atoms with van der Waals surface area (Å²) >= 11 is 0. The maximum atomic E-state index is 5.62. The van der Waals surface area contributed by atoms with Gasteiger partial charge in [-0.2, -0.15) is 5.10 Å². The van der Waals surface area contributed by atoms with E-state index in [0.717, 1.165) is 17.1 Å². The standard InChI is InChI=1S/C15H23N5O/c1-15(2,3)13(21-6)14-18-11(7-12(16-4)19-14)10-8-17-20(5)9-10/h7-9,13H,1-6H3,(H,16,18,19). The molecule has 0 amide bonds. The summed E-state index contributed by atoms with van der Waals surface area (Å²) in [7, 11) is 5.42. The molecule has 2 aromatic heterocycles. The van der Waals surface area contributed by atoms with Gasteiger partial charge in [-0.1, -0.05) is 20.8 Å². The van der Waals surface area contributed by atoms with Crippen LogP contribution in [0.25, 0.3) is 11.3 Å². The largest absolute Gasteiger partial charge is 0.373 e. The summed E-state index contributed by atoms with van der Waals surface area (Å²) in [6.07, 6.45) is 3.55. The Morgan fingerprint density at radius 3 is 2.48 bits per heavy atom. The third-order valence-corrected chi connectivity index (χ3v) is 3.26. The lowest BCUT2D eigenvalue weighted by atomic mass is 9.88. The Labute approximate surface area is 125 Å². The van der Waals surface area contributed by atoms with Crippen molar-refractivity contribution in [1.29, 1.82) is 0 Å². The van der Waals surface area contributed by atoms with Gasteiger partial charge in [0.25, 0.3) is 0 Å². The van der Waals surface area contributed by atoms with Gasteiger partial charge in [-0.15, -0.1) is 0 Å². The molecule has 1 N–H and O–H groups in total. The fourth-order valence-electron chi connectivity index (χ4n) is 2.26. The van der Waals surface area contributed by atoms with Gasteiger partial charge in [0.15, 0.2) is 5.82 Å². The van der Waals surface area contributed by atoms with Crippen LogP contribution >= 0.6 is 0 Å². The summed E-state index contributed by atoms with van der Waals surface area (Å²) in [6, 6.07) is 1.91. The molecule has 1 unspecified atom stereocenters. The number of nitrogens with one attached hydrogen (secondary N) is 1. The summed E-state index contributed by atoms with van der Waals surface area (Å²) < 4.78 is 7.38. The number of hydrogen-bond acceptors (Lipinski definition) is 5. The lowest BCUT2D eigenvalue weighted by Gasteiger charge is -2.28. The minimum absolute atomic E-state index is 0.0900. The van der Waals surface area contributed by atoms with Gasteiger partial charge in [-0.3, -0.25) is 4.68 Å². The number of hydrogen-bond donors (Lipinski definition) is 1. The number of aryl methyl sites for hydroxylation is 1. The molecule has 0 aliphatic heterocycles. The van der Waals surface area contributed by atoms with Crippen LogP contribution in [-0.4, -0.2) is 33.9 Å². The number of rotatable bonds is 4. The van der Waals surface area contributed by atoms with E-state index in [0.29, 0.717) is 5.82 Å². The molecular formula is C15H23N5O. The van der Waals surface area contributed by atoms with E-state index in [4.69, 9.17) is 4.74 Å². The lowest BCUT2D eigenvalue weighted by Crippen LogP contribution is -2.23. The van der Waals surface area contributed by atoms with Crippen LogP contribution in [0.1, 0.15) is 32.7 Å². The Balaban J connectivity index is 2.52. The van der Waals surface area contributed by atoms with Crippen molar-refractivity contribution >= 4 is 5.82 Å². The molecule has 0 saturated carbocycles. The van der Waals surface area contributed by atoms with Crippen molar-refractivity contribution < 1.29 is 4.74 Å². The van der Waals surface area contributed by atoms with Crippen molar-refractivity contribution in [2.24, 2.45) is 12.5 Å². The quantitative estimate of drug-likeness (QED) is 0.937. The van der Waals surface area contributed by atoms with E-state index < -0.39 is 0 Å². The van der Waals surface area contributed by atoms with Gasteiger partial charge in [-0.25, -0.2) is 9.97 Å². The monoisotopic (exact) mass is 289 g/mol. The van der Waals surface area contributed by atoms with Crippen LogP contribution in [0.3, 0.4) is 0 Å². The highest BCUT2D eigenvalue weighted by Gasteiger charge is 2.29. The zero-order chi connectivity index (χ0) is 15.6. The van der Waals surface area contributed by atoms with Crippen molar-refractivity contribution in [3.8, 4) is 11.3 Å². The number of ether oxygens (including phenoxy) is 1. The van der Waals surface area contributed by atoms with Crippen molar-refractivity contribution in [1.82, 2.24) is 19.7 Å². The molecule has 114 valence electrons. The minimum Gasteiger partial charge on any atom is -0.373 e. The van der Waals surface area contributed by atoms with Crippen molar-refractivity contribution in [3.05, 3.63) is 24.3 Å². The van der Waals surface area contributed by atoms with Crippen LogP contribution in [0.15, 0.2) is 18.5 Å². The summed E-state index contributed by atoms with van der Waals surface area (Å²) in [5, 5.41) is 7.28. The number of methoxy groups -OCH3 is 1. The molecule has 2 heterocycles. The zero-order valence-corrected chi connectivity index (χ0v) is 13.5. The van der Waals surface area contributed by atoms with E-state index in [9.17, 15) is 0 Å². The smallest absolute Gasteiger partial charge is 0.160 e. The maximum absolute atomic E-state index is 5.62. The highest BCUT2D eigenvalue weighted by atomic mass is 16.5. The Kier molecular flexibility index (Phi) is 4.27. The van der Waals surface area contributed by atoms with Gasteiger partial charge in [0.05, 0.1) is 11.9 Å². The molecule has 0 bridgehead atoms. The van der Waals surface area contributed by atoms with Gasteiger partial charge >= 0.3 is 0 Å². The second kappa shape index (κ2) is 5.81. The Hall–Kier alpha value is -1.95. The molecule has 0 aliphatic carbocycles. The van der Waals surface area contributed by atoms with Gasteiger partial charge in [0.1, 0.15) is 11.9 Å². The molecule has 21 heavy (non-hydrogen) atoms. The van der Waals surface area contributed by atoms with Gasteiger partial charge in [0.2, 0.25) is 0 Å².